The summed E-state index contributed by atoms with van der Waals surface area (Å²) < 4.78 is 0. The van der Waals surface area contributed by atoms with Crippen LogP contribution in [0.1, 0.15) is 32.0 Å². The molecule has 2 rings (SSSR count). The molecule has 1 atom stereocenters. The Balaban J connectivity index is 2.06. The van der Waals surface area contributed by atoms with Gasteiger partial charge in [-0.15, -0.1) is 0 Å². The van der Waals surface area contributed by atoms with E-state index in [-0.39, 0.29) is 0 Å². The molecule has 1 heterocycles. The number of pyridine rings is 1. The monoisotopic (exact) mass is 306 g/mol. The average molecular weight is 307 g/mol. The van der Waals surface area contributed by atoms with Crippen molar-refractivity contribution < 1.29 is 0 Å². The highest BCUT2D eigenvalue weighted by atomic mass is 35.5. The van der Waals surface area contributed by atoms with Crippen LogP contribution in [0.2, 0.25) is 5.02 Å². The van der Waals surface area contributed by atoms with Gasteiger partial charge in [0, 0.05) is 27.1 Å². The lowest BCUT2D eigenvalue weighted by Gasteiger charge is -2.15. The number of benzene rings is 1. The summed E-state index contributed by atoms with van der Waals surface area (Å²) in [5.74, 6) is 0. The van der Waals surface area contributed by atoms with Crippen LogP contribution in [0.3, 0.4) is 0 Å². The molecule has 20 heavy (non-hydrogen) atoms. The summed E-state index contributed by atoms with van der Waals surface area (Å²) in [6.07, 6.45) is 2.99. The van der Waals surface area contributed by atoms with E-state index in [0.717, 1.165) is 28.6 Å². The van der Waals surface area contributed by atoms with Crippen LogP contribution in [0.25, 0.3) is 0 Å². The molecule has 1 aromatic carbocycles. The maximum atomic E-state index is 5.89. The Bertz CT molecular complexity index is 525. The number of halogens is 1. The zero-order valence-corrected chi connectivity index (χ0v) is 13.3. The number of hydrogen-bond acceptors (Lipinski definition) is 3. The predicted octanol–water partition coefficient (Wildman–Crippen LogP) is 4.95. The normalized spacial score (nSPS) is 12.3. The van der Waals surface area contributed by atoms with E-state index in [1.54, 1.807) is 11.8 Å². The fraction of sp³-hybridized carbons (Fsp3) is 0.312. The second kappa shape index (κ2) is 7.67. The summed E-state index contributed by atoms with van der Waals surface area (Å²) >= 11 is 7.58. The first-order valence-electron chi connectivity index (χ1n) is 6.85. The minimum atomic E-state index is 0.342. The molecule has 0 amide bonds. The van der Waals surface area contributed by atoms with Gasteiger partial charge in [-0.25, -0.2) is 0 Å². The van der Waals surface area contributed by atoms with Crippen LogP contribution >= 0.6 is 23.4 Å². The van der Waals surface area contributed by atoms with E-state index >= 15 is 0 Å². The molecule has 0 aliphatic heterocycles. The minimum absolute atomic E-state index is 0.342. The summed E-state index contributed by atoms with van der Waals surface area (Å²) in [6, 6.07) is 12.4. The van der Waals surface area contributed by atoms with E-state index in [4.69, 9.17) is 11.6 Å². The third-order valence-electron chi connectivity index (χ3n) is 3.02. The van der Waals surface area contributed by atoms with Crippen molar-refractivity contribution in [3.63, 3.8) is 0 Å². The Morgan fingerprint density at radius 3 is 2.35 bits per heavy atom. The highest BCUT2D eigenvalue weighted by Crippen LogP contribution is 2.28. The first-order chi connectivity index (χ1) is 9.72. The largest absolute Gasteiger partial charge is 0.309 e. The molecule has 2 nitrogen and oxygen atoms in total. The van der Waals surface area contributed by atoms with Crippen molar-refractivity contribution in [1.29, 1.82) is 0 Å². The van der Waals surface area contributed by atoms with Gasteiger partial charge in [0.1, 0.15) is 0 Å². The van der Waals surface area contributed by atoms with Gasteiger partial charge in [0.15, 0.2) is 0 Å². The van der Waals surface area contributed by atoms with Gasteiger partial charge in [0.2, 0.25) is 0 Å². The van der Waals surface area contributed by atoms with Gasteiger partial charge >= 0.3 is 0 Å². The fourth-order valence-corrected chi connectivity index (χ4v) is 2.91. The topological polar surface area (TPSA) is 24.9 Å². The molecular weight excluding hydrogens is 288 g/mol. The number of nitrogens with one attached hydrogen (secondary N) is 1. The first kappa shape index (κ1) is 15.4. The predicted molar refractivity (Wildman–Crippen MR) is 86.5 cm³/mol. The molecule has 0 aliphatic carbocycles. The van der Waals surface area contributed by atoms with Crippen molar-refractivity contribution in [3.05, 3.63) is 53.3 Å². The molecule has 0 spiro atoms. The van der Waals surface area contributed by atoms with Gasteiger partial charge in [-0.3, -0.25) is 4.98 Å². The molecule has 0 bridgehead atoms. The molecule has 0 radical (unpaired) electrons. The van der Waals surface area contributed by atoms with Gasteiger partial charge < -0.3 is 5.32 Å². The van der Waals surface area contributed by atoms with Crippen molar-refractivity contribution in [3.8, 4) is 0 Å². The molecule has 4 heteroatoms. The van der Waals surface area contributed by atoms with E-state index in [9.17, 15) is 0 Å². The van der Waals surface area contributed by atoms with Crippen molar-refractivity contribution in [2.24, 2.45) is 0 Å². The van der Waals surface area contributed by atoms with Crippen LogP contribution in [0.5, 0.6) is 0 Å². The lowest BCUT2D eigenvalue weighted by Crippen LogP contribution is -2.20. The summed E-state index contributed by atoms with van der Waals surface area (Å²) in [6.45, 7) is 5.25. The van der Waals surface area contributed by atoms with E-state index in [0.29, 0.717) is 6.04 Å². The standard InChI is InChI=1S/C16H19ClN2S/c1-3-15(18-4-2)16-10-9-14(11-19-16)20-13-7-5-12(17)6-8-13/h5-11,15,18H,3-4H2,1-2H3. The summed E-state index contributed by atoms with van der Waals surface area (Å²) in [5, 5.41) is 4.20. The van der Waals surface area contributed by atoms with Crippen LogP contribution in [0.4, 0.5) is 0 Å². The van der Waals surface area contributed by atoms with Gasteiger partial charge in [-0.1, -0.05) is 37.2 Å². The smallest absolute Gasteiger partial charge is 0.0573 e. The molecule has 1 N–H and O–H groups in total. The number of hydrogen-bond donors (Lipinski definition) is 1. The van der Waals surface area contributed by atoms with Crippen LogP contribution in [0.15, 0.2) is 52.4 Å². The summed E-state index contributed by atoms with van der Waals surface area (Å²) in [4.78, 5) is 6.88. The lowest BCUT2D eigenvalue weighted by molar-refractivity contribution is 0.524. The fourth-order valence-electron chi connectivity index (χ4n) is 2.00. The summed E-state index contributed by atoms with van der Waals surface area (Å²) in [5.41, 5.74) is 1.11. The SMILES string of the molecule is CCNC(CC)c1ccc(Sc2ccc(Cl)cc2)cn1. The number of nitrogens with zero attached hydrogens (tertiary/aromatic N) is 1. The Morgan fingerprint density at radius 1 is 1.10 bits per heavy atom. The maximum absolute atomic E-state index is 5.89. The third kappa shape index (κ3) is 4.23. The van der Waals surface area contributed by atoms with Crippen LogP contribution in [-0.2, 0) is 0 Å². The molecular formula is C16H19ClN2S. The lowest BCUT2D eigenvalue weighted by atomic mass is 10.1. The van der Waals surface area contributed by atoms with Gasteiger partial charge in [-0.2, -0.15) is 0 Å². The van der Waals surface area contributed by atoms with Crippen molar-refractivity contribution in [2.45, 2.75) is 36.1 Å². The van der Waals surface area contributed by atoms with E-state index in [1.165, 1.54) is 4.90 Å². The molecule has 2 aromatic rings. The summed E-state index contributed by atoms with van der Waals surface area (Å²) in [7, 11) is 0. The van der Waals surface area contributed by atoms with Gasteiger partial charge in [-0.05, 0) is 49.4 Å². The quantitative estimate of drug-likeness (QED) is 0.817. The minimum Gasteiger partial charge on any atom is -0.309 e. The van der Waals surface area contributed by atoms with Crippen molar-refractivity contribution >= 4 is 23.4 Å². The highest BCUT2D eigenvalue weighted by Gasteiger charge is 2.09. The van der Waals surface area contributed by atoms with Crippen molar-refractivity contribution in [1.82, 2.24) is 10.3 Å². The molecule has 0 aliphatic rings. The molecule has 0 saturated carbocycles. The average Bonchev–Trinajstić information content (AvgIpc) is 2.48. The molecule has 1 unspecified atom stereocenters. The maximum Gasteiger partial charge on any atom is 0.0573 e. The Labute approximate surface area is 130 Å². The van der Waals surface area contributed by atoms with E-state index in [2.05, 4.69) is 36.3 Å². The zero-order chi connectivity index (χ0) is 14.4. The van der Waals surface area contributed by atoms with Crippen LogP contribution in [-0.4, -0.2) is 11.5 Å². The van der Waals surface area contributed by atoms with Crippen LogP contribution < -0.4 is 5.32 Å². The van der Waals surface area contributed by atoms with Gasteiger partial charge in [0.25, 0.3) is 0 Å². The number of aromatic nitrogens is 1. The zero-order valence-electron chi connectivity index (χ0n) is 11.8. The Hall–Kier alpha value is -1.03. The Morgan fingerprint density at radius 2 is 1.80 bits per heavy atom. The van der Waals surface area contributed by atoms with Crippen molar-refractivity contribution in [2.75, 3.05) is 6.54 Å². The van der Waals surface area contributed by atoms with Crippen LogP contribution in [0, 0.1) is 0 Å². The highest BCUT2D eigenvalue weighted by molar-refractivity contribution is 7.99. The number of rotatable bonds is 6. The van der Waals surface area contributed by atoms with Gasteiger partial charge in [0.05, 0.1) is 5.69 Å². The Kier molecular flexibility index (Phi) is 5.89. The molecule has 1 aromatic heterocycles. The second-order valence-electron chi connectivity index (χ2n) is 4.49. The third-order valence-corrected chi connectivity index (χ3v) is 4.26. The first-order valence-corrected chi connectivity index (χ1v) is 8.05. The van der Waals surface area contributed by atoms with E-state index in [1.807, 2.05) is 30.5 Å². The second-order valence-corrected chi connectivity index (χ2v) is 6.08. The molecule has 106 valence electrons. The van der Waals surface area contributed by atoms with E-state index < -0.39 is 0 Å². The molecule has 0 saturated heterocycles. The molecule has 0 fully saturated rings.